The van der Waals surface area contributed by atoms with Crippen molar-refractivity contribution in [3.8, 4) is 39.9 Å². The van der Waals surface area contributed by atoms with Gasteiger partial charge in [0.25, 0.3) is 0 Å². The Hall–Kier alpha value is -4.67. The fraction of sp³-hybridized carbons (Fsp3) is 0.304. The van der Waals surface area contributed by atoms with E-state index in [2.05, 4.69) is 101 Å². The Morgan fingerprint density at radius 1 is 0.774 bits per heavy atom. The minimum absolute atomic E-state index is 0. The molecule has 2 atom stereocenters. The molecule has 3 heterocycles. The van der Waals surface area contributed by atoms with Crippen molar-refractivity contribution in [2.45, 2.75) is 74.1 Å². The standard InChI is InChI=1S/C46H48N4O2.Pt/c1-9-29(3)22-41-32(6)31(5)33(7)42(23-30(4)10-2)46(41)34-27-48-49(28-34)35-14-13-15-37(24-35)52-38-18-19-40-39-16-11-12-17-43(39)50(44(40)25-38)45-26-36(51-8)20-21-47-45;/h11-21,26-30H,9-10,22-23H2,1-8H3;/q-2;+2. The molecule has 7 rings (SSSR count). The molecule has 7 heteroatoms. The summed E-state index contributed by atoms with van der Waals surface area (Å²) in [6.07, 6.45) is 10.4. The molecule has 0 aliphatic carbocycles. The van der Waals surface area contributed by atoms with Crippen molar-refractivity contribution in [1.29, 1.82) is 0 Å². The van der Waals surface area contributed by atoms with E-state index in [1.807, 2.05) is 53.3 Å². The summed E-state index contributed by atoms with van der Waals surface area (Å²) < 4.78 is 16.0. The maximum absolute atomic E-state index is 6.46. The van der Waals surface area contributed by atoms with Crippen molar-refractivity contribution in [2.24, 2.45) is 11.8 Å². The summed E-state index contributed by atoms with van der Waals surface area (Å²) in [5.41, 5.74) is 12.4. The molecule has 2 unspecified atom stereocenters. The number of para-hydroxylation sites is 1. The quantitative estimate of drug-likeness (QED) is 0.115. The largest absolute Gasteiger partial charge is 2.00 e. The molecule has 0 spiro atoms. The Morgan fingerprint density at radius 2 is 1.47 bits per heavy atom. The Labute approximate surface area is 328 Å². The van der Waals surface area contributed by atoms with Gasteiger partial charge in [-0.15, -0.1) is 35.7 Å². The van der Waals surface area contributed by atoms with Crippen molar-refractivity contribution in [1.82, 2.24) is 19.3 Å². The second-order valence-corrected chi connectivity index (χ2v) is 14.3. The van der Waals surface area contributed by atoms with Crippen molar-refractivity contribution in [3.63, 3.8) is 0 Å². The van der Waals surface area contributed by atoms with E-state index in [0.717, 1.165) is 70.3 Å². The van der Waals surface area contributed by atoms with Crippen LogP contribution in [0.3, 0.4) is 0 Å². The summed E-state index contributed by atoms with van der Waals surface area (Å²) in [5.74, 6) is 3.85. The fourth-order valence-corrected chi connectivity index (χ4v) is 7.29. The van der Waals surface area contributed by atoms with Crippen LogP contribution in [0.5, 0.6) is 17.2 Å². The van der Waals surface area contributed by atoms with Gasteiger partial charge < -0.3 is 14.0 Å². The molecule has 274 valence electrons. The van der Waals surface area contributed by atoms with Gasteiger partial charge >= 0.3 is 21.1 Å². The zero-order valence-corrected chi connectivity index (χ0v) is 34.3. The number of pyridine rings is 1. The minimum Gasteiger partial charge on any atom is -0.509 e. The van der Waals surface area contributed by atoms with Gasteiger partial charge in [-0.05, 0) is 102 Å². The summed E-state index contributed by atoms with van der Waals surface area (Å²) in [6.45, 7) is 16.2. The molecule has 4 aromatic carbocycles. The van der Waals surface area contributed by atoms with Crippen LogP contribution in [-0.4, -0.2) is 26.4 Å². The van der Waals surface area contributed by atoms with E-state index < -0.39 is 0 Å². The van der Waals surface area contributed by atoms with Crippen molar-refractivity contribution >= 4 is 21.8 Å². The first-order chi connectivity index (χ1) is 25.2. The van der Waals surface area contributed by atoms with Gasteiger partial charge in [-0.1, -0.05) is 64.3 Å². The molecule has 3 aromatic heterocycles. The van der Waals surface area contributed by atoms with E-state index in [1.165, 1.54) is 33.4 Å². The number of aromatic nitrogens is 4. The Bertz CT molecular complexity index is 2350. The third-order valence-corrected chi connectivity index (χ3v) is 11.0. The molecule has 0 amide bonds. The molecule has 0 saturated heterocycles. The normalized spacial score (nSPS) is 12.5. The number of rotatable bonds is 12. The fourth-order valence-electron chi connectivity index (χ4n) is 7.29. The maximum atomic E-state index is 6.46. The van der Waals surface area contributed by atoms with Crippen LogP contribution in [0.2, 0.25) is 0 Å². The predicted molar refractivity (Wildman–Crippen MR) is 212 cm³/mol. The summed E-state index contributed by atoms with van der Waals surface area (Å²) in [6, 6.07) is 29.1. The van der Waals surface area contributed by atoms with Gasteiger partial charge in [0.15, 0.2) is 0 Å². The van der Waals surface area contributed by atoms with Crippen LogP contribution < -0.4 is 9.47 Å². The first kappa shape index (κ1) is 38.1. The van der Waals surface area contributed by atoms with E-state index in [0.29, 0.717) is 23.3 Å². The van der Waals surface area contributed by atoms with Crippen LogP contribution in [-0.2, 0) is 33.9 Å². The Balaban J connectivity index is 0.00000481. The molecule has 0 saturated carbocycles. The molecule has 0 N–H and O–H groups in total. The summed E-state index contributed by atoms with van der Waals surface area (Å²) in [4.78, 5) is 4.68. The van der Waals surface area contributed by atoms with Crippen LogP contribution in [0, 0.1) is 44.7 Å². The van der Waals surface area contributed by atoms with E-state index >= 15 is 0 Å². The van der Waals surface area contributed by atoms with Crippen molar-refractivity contribution in [3.05, 3.63) is 125 Å². The molecule has 53 heavy (non-hydrogen) atoms. The maximum Gasteiger partial charge on any atom is 2.00 e. The average Bonchev–Trinajstić information content (AvgIpc) is 3.79. The van der Waals surface area contributed by atoms with Gasteiger partial charge in [-0.3, -0.25) is 4.68 Å². The summed E-state index contributed by atoms with van der Waals surface area (Å²) in [7, 11) is 1.67. The smallest absolute Gasteiger partial charge is 0.509 e. The average molecular weight is 884 g/mol. The second-order valence-electron chi connectivity index (χ2n) is 14.3. The number of nitrogens with zero attached hydrogens (tertiary/aromatic N) is 4. The predicted octanol–water partition coefficient (Wildman–Crippen LogP) is 11.5. The molecular formula is C46H48N4O2Pt. The Kier molecular flexibility index (Phi) is 11.6. The van der Waals surface area contributed by atoms with E-state index in [4.69, 9.17) is 14.6 Å². The van der Waals surface area contributed by atoms with Gasteiger partial charge in [-0.2, -0.15) is 17.2 Å². The summed E-state index contributed by atoms with van der Waals surface area (Å²) in [5, 5.41) is 7.08. The summed E-state index contributed by atoms with van der Waals surface area (Å²) >= 11 is 0. The van der Waals surface area contributed by atoms with Crippen LogP contribution in [0.15, 0.2) is 85.3 Å². The Morgan fingerprint density at radius 3 is 2.17 bits per heavy atom. The van der Waals surface area contributed by atoms with Gasteiger partial charge in [0, 0.05) is 41.0 Å². The number of methoxy groups -OCH3 is 1. The monoisotopic (exact) mass is 883 g/mol. The zero-order chi connectivity index (χ0) is 36.5. The van der Waals surface area contributed by atoms with Gasteiger partial charge in [0.1, 0.15) is 11.6 Å². The molecule has 0 aliphatic rings. The zero-order valence-electron chi connectivity index (χ0n) is 32.0. The molecule has 0 fully saturated rings. The van der Waals surface area contributed by atoms with E-state index in [-0.39, 0.29) is 21.1 Å². The second kappa shape index (κ2) is 16.1. The number of hydrogen-bond donors (Lipinski definition) is 0. The van der Waals surface area contributed by atoms with Gasteiger partial charge in [0.05, 0.1) is 13.3 Å². The number of hydrogen-bond acceptors (Lipinski definition) is 4. The number of fused-ring (bicyclic) bond motifs is 3. The first-order valence-corrected chi connectivity index (χ1v) is 18.5. The first-order valence-electron chi connectivity index (χ1n) is 18.5. The molecule has 0 aliphatic heterocycles. The van der Waals surface area contributed by atoms with Crippen molar-refractivity contribution in [2.75, 3.05) is 7.11 Å². The van der Waals surface area contributed by atoms with Crippen LogP contribution >= 0.6 is 0 Å². The SMILES string of the molecule is CCC(C)Cc1c(C)c(C)c(C)c(CC(C)CC)c1-c1cnn(-c2[c-]c(Oc3[c-]c4c(cc3)c3ccccc3n4-c3cc(OC)ccn3)ccc2)c1.[Pt+2]. The molecule has 0 radical (unpaired) electrons. The van der Waals surface area contributed by atoms with Gasteiger partial charge in [-0.25, -0.2) is 4.98 Å². The van der Waals surface area contributed by atoms with Crippen LogP contribution in [0.25, 0.3) is 44.4 Å². The molecule has 7 aromatic rings. The van der Waals surface area contributed by atoms with E-state index in [9.17, 15) is 0 Å². The van der Waals surface area contributed by atoms with Crippen molar-refractivity contribution < 1.29 is 30.5 Å². The number of benzene rings is 4. The molecule has 0 bridgehead atoms. The topological polar surface area (TPSA) is 54.1 Å². The third kappa shape index (κ3) is 7.44. The number of ether oxygens (including phenoxy) is 2. The minimum atomic E-state index is 0. The van der Waals surface area contributed by atoms with E-state index in [1.54, 1.807) is 13.3 Å². The van der Waals surface area contributed by atoms with Gasteiger partial charge in [0.2, 0.25) is 0 Å². The van der Waals surface area contributed by atoms with Crippen LogP contribution in [0.4, 0.5) is 0 Å². The van der Waals surface area contributed by atoms with Crippen LogP contribution in [0.1, 0.15) is 68.4 Å². The third-order valence-electron chi connectivity index (χ3n) is 11.0. The molecular weight excluding hydrogens is 836 g/mol. The molecule has 6 nitrogen and oxygen atoms in total.